The summed E-state index contributed by atoms with van der Waals surface area (Å²) in [6, 6.07) is 9.46. The van der Waals surface area contributed by atoms with E-state index in [9.17, 15) is 9.59 Å². The SMILES string of the molecule is O=C1C=C(c2cc3ccccc3[nH]2)C(=O)O1. The van der Waals surface area contributed by atoms with Gasteiger partial charge in [0.2, 0.25) is 0 Å². The van der Waals surface area contributed by atoms with Gasteiger partial charge in [0.1, 0.15) is 0 Å². The van der Waals surface area contributed by atoms with E-state index in [-0.39, 0.29) is 5.57 Å². The molecule has 0 saturated carbocycles. The molecule has 1 N–H and O–H groups in total. The molecule has 4 nitrogen and oxygen atoms in total. The Bertz CT molecular complexity index is 604. The minimum absolute atomic E-state index is 0.279. The number of H-pyrrole nitrogens is 1. The topological polar surface area (TPSA) is 59.2 Å². The summed E-state index contributed by atoms with van der Waals surface area (Å²) >= 11 is 0. The van der Waals surface area contributed by atoms with Gasteiger partial charge < -0.3 is 9.72 Å². The van der Waals surface area contributed by atoms with Crippen molar-refractivity contribution in [1.82, 2.24) is 4.98 Å². The number of ether oxygens (including phenoxy) is 1. The van der Waals surface area contributed by atoms with E-state index in [0.29, 0.717) is 5.69 Å². The van der Waals surface area contributed by atoms with Crippen molar-refractivity contribution in [3.63, 3.8) is 0 Å². The van der Waals surface area contributed by atoms with Crippen LogP contribution in [0.15, 0.2) is 36.4 Å². The second-order valence-corrected chi connectivity index (χ2v) is 3.54. The molecule has 3 rings (SSSR count). The Labute approximate surface area is 90.5 Å². The highest BCUT2D eigenvalue weighted by Crippen LogP contribution is 2.24. The standard InChI is InChI=1S/C12H7NO3/c14-11-6-8(12(15)16-11)10-5-7-3-1-2-4-9(7)13-10/h1-6,13H. The number of esters is 2. The molecule has 1 aliphatic heterocycles. The molecule has 1 aromatic heterocycles. The van der Waals surface area contributed by atoms with Gasteiger partial charge in [0.25, 0.3) is 0 Å². The summed E-state index contributed by atoms with van der Waals surface area (Å²) in [5.74, 6) is -1.21. The summed E-state index contributed by atoms with van der Waals surface area (Å²) in [5.41, 5.74) is 1.81. The summed E-state index contributed by atoms with van der Waals surface area (Å²) in [5, 5.41) is 0.991. The van der Waals surface area contributed by atoms with Crippen molar-refractivity contribution in [2.75, 3.05) is 0 Å². The third-order valence-electron chi connectivity index (χ3n) is 2.50. The minimum atomic E-state index is -0.612. The molecule has 2 aromatic rings. The zero-order chi connectivity index (χ0) is 11.1. The van der Waals surface area contributed by atoms with Gasteiger partial charge in [-0.05, 0) is 12.1 Å². The molecule has 0 unspecified atom stereocenters. The van der Waals surface area contributed by atoms with Crippen molar-refractivity contribution in [1.29, 1.82) is 0 Å². The maximum atomic E-state index is 11.3. The van der Waals surface area contributed by atoms with Crippen molar-refractivity contribution >= 4 is 28.4 Å². The van der Waals surface area contributed by atoms with E-state index in [1.165, 1.54) is 6.08 Å². The Morgan fingerprint density at radius 3 is 2.62 bits per heavy atom. The number of carbonyl (C=O) groups excluding carboxylic acids is 2. The average molecular weight is 213 g/mol. The van der Waals surface area contributed by atoms with Crippen LogP contribution in [0, 0.1) is 0 Å². The molecule has 0 spiro atoms. The molecule has 1 aliphatic rings. The second kappa shape index (κ2) is 3.06. The van der Waals surface area contributed by atoms with Crippen LogP contribution in [0.3, 0.4) is 0 Å². The molecule has 1 aromatic carbocycles. The van der Waals surface area contributed by atoms with Crippen LogP contribution in [-0.4, -0.2) is 16.9 Å². The highest BCUT2D eigenvalue weighted by molar-refractivity contribution is 6.28. The Morgan fingerprint density at radius 1 is 1.12 bits per heavy atom. The van der Waals surface area contributed by atoms with Gasteiger partial charge in [-0.2, -0.15) is 0 Å². The normalized spacial score (nSPS) is 15.4. The zero-order valence-electron chi connectivity index (χ0n) is 8.19. The van der Waals surface area contributed by atoms with Crippen LogP contribution in [0.4, 0.5) is 0 Å². The minimum Gasteiger partial charge on any atom is -0.386 e. The van der Waals surface area contributed by atoms with Crippen LogP contribution in [0.5, 0.6) is 0 Å². The Hall–Kier alpha value is -2.36. The van der Waals surface area contributed by atoms with Gasteiger partial charge >= 0.3 is 11.9 Å². The van der Waals surface area contributed by atoms with Gasteiger partial charge in [-0.15, -0.1) is 0 Å². The van der Waals surface area contributed by atoms with Gasteiger partial charge in [0.15, 0.2) is 0 Å². The summed E-state index contributed by atoms with van der Waals surface area (Å²) < 4.78 is 4.43. The maximum absolute atomic E-state index is 11.3. The molecular formula is C12H7NO3. The molecule has 0 fully saturated rings. The number of benzene rings is 1. The quantitative estimate of drug-likeness (QED) is 0.578. The number of hydrogen-bond donors (Lipinski definition) is 1. The number of rotatable bonds is 1. The molecule has 4 heteroatoms. The molecule has 0 aliphatic carbocycles. The summed E-state index contributed by atoms with van der Waals surface area (Å²) in [6.07, 6.45) is 1.20. The molecule has 78 valence electrons. The lowest BCUT2D eigenvalue weighted by molar-refractivity contribution is -0.149. The van der Waals surface area contributed by atoms with E-state index in [4.69, 9.17) is 0 Å². The van der Waals surface area contributed by atoms with Crippen molar-refractivity contribution in [2.45, 2.75) is 0 Å². The molecule has 0 radical (unpaired) electrons. The van der Waals surface area contributed by atoms with E-state index < -0.39 is 11.9 Å². The highest BCUT2D eigenvalue weighted by Gasteiger charge is 2.25. The van der Waals surface area contributed by atoms with Gasteiger partial charge in [-0.3, -0.25) is 0 Å². The maximum Gasteiger partial charge on any atom is 0.348 e. The van der Waals surface area contributed by atoms with E-state index >= 15 is 0 Å². The summed E-state index contributed by atoms with van der Waals surface area (Å²) in [6.45, 7) is 0. The van der Waals surface area contributed by atoms with E-state index in [2.05, 4.69) is 9.72 Å². The number of cyclic esters (lactones) is 2. The number of nitrogens with one attached hydrogen (secondary N) is 1. The average Bonchev–Trinajstić information content (AvgIpc) is 2.81. The first-order chi connectivity index (χ1) is 7.74. The van der Waals surface area contributed by atoms with Crippen LogP contribution < -0.4 is 0 Å². The van der Waals surface area contributed by atoms with E-state index in [1.54, 1.807) is 0 Å². The smallest absolute Gasteiger partial charge is 0.348 e. The fourth-order valence-electron chi connectivity index (χ4n) is 1.76. The fraction of sp³-hybridized carbons (Fsp3) is 0. The van der Waals surface area contributed by atoms with Crippen LogP contribution >= 0.6 is 0 Å². The third-order valence-corrected chi connectivity index (χ3v) is 2.50. The van der Waals surface area contributed by atoms with Gasteiger partial charge in [-0.1, -0.05) is 18.2 Å². The largest absolute Gasteiger partial charge is 0.386 e. The molecule has 0 atom stereocenters. The first kappa shape index (κ1) is 8.91. The number of para-hydroxylation sites is 1. The summed E-state index contributed by atoms with van der Waals surface area (Å²) in [7, 11) is 0. The Balaban J connectivity index is 2.16. The van der Waals surface area contributed by atoms with Gasteiger partial charge in [0, 0.05) is 17.0 Å². The Morgan fingerprint density at radius 2 is 1.94 bits per heavy atom. The van der Waals surface area contributed by atoms with Crippen LogP contribution in [0.2, 0.25) is 0 Å². The lowest BCUT2D eigenvalue weighted by Gasteiger charge is -1.92. The predicted octanol–water partition coefficient (Wildman–Crippen LogP) is 1.63. The molecule has 2 heterocycles. The number of fused-ring (bicyclic) bond motifs is 1. The Kier molecular flexibility index (Phi) is 1.71. The second-order valence-electron chi connectivity index (χ2n) is 3.54. The fourth-order valence-corrected chi connectivity index (χ4v) is 1.76. The van der Waals surface area contributed by atoms with E-state index in [0.717, 1.165) is 10.9 Å². The van der Waals surface area contributed by atoms with Gasteiger partial charge in [-0.25, -0.2) is 9.59 Å². The lowest BCUT2D eigenvalue weighted by Crippen LogP contribution is -2.01. The molecule has 16 heavy (non-hydrogen) atoms. The molecular weight excluding hydrogens is 206 g/mol. The predicted molar refractivity (Wildman–Crippen MR) is 57.4 cm³/mol. The number of carbonyl (C=O) groups is 2. The number of aromatic amines is 1. The van der Waals surface area contributed by atoms with Crippen molar-refractivity contribution in [3.05, 3.63) is 42.1 Å². The molecule has 0 amide bonds. The lowest BCUT2D eigenvalue weighted by atomic mass is 10.2. The number of hydrogen-bond acceptors (Lipinski definition) is 3. The zero-order valence-corrected chi connectivity index (χ0v) is 8.19. The van der Waals surface area contributed by atoms with Crippen molar-refractivity contribution < 1.29 is 14.3 Å². The molecule has 0 saturated heterocycles. The van der Waals surface area contributed by atoms with Crippen LogP contribution in [-0.2, 0) is 14.3 Å². The third kappa shape index (κ3) is 1.24. The van der Waals surface area contributed by atoms with Crippen molar-refractivity contribution in [3.8, 4) is 0 Å². The van der Waals surface area contributed by atoms with Crippen LogP contribution in [0.1, 0.15) is 5.69 Å². The van der Waals surface area contributed by atoms with Crippen molar-refractivity contribution in [2.24, 2.45) is 0 Å². The van der Waals surface area contributed by atoms with Gasteiger partial charge in [0.05, 0.1) is 11.3 Å². The summed E-state index contributed by atoms with van der Waals surface area (Å²) in [4.78, 5) is 25.3. The monoisotopic (exact) mass is 213 g/mol. The first-order valence-corrected chi connectivity index (χ1v) is 4.80. The highest BCUT2D eigenvalue weighted by atomic mass is 16.6. The van der Waals surface area contributed by atoms with E-state index in [1.807, 2.05) is 30.3 Å². The number of aromatic nitrogens is 1. The van der Waals surface area contributed by atoms with Crippen LogP contribution in [0.25, 0.3) is 16.5 Å². The first-order valence-electron chi connectivity index (χ1n) is 4.80. The molecule has 0 bridgehead atoms.